The molecule has 2 N–H and O–H groups in total. The van der Waals surface area contributed by atoms with E-state index in [-0.39, 0.29) is 6.54 Å². The van der Waals surface area contributed by atoms with E-state index < -0.39 is 48.3 Å². The van der Waals surface area contributed by atoms with Crippen LogP contribution in [0.15, 0.2) is 0 Å². The van der Waals surface area contributed by atoms with Gasteiger partial charge in [-0.1, -0.05) is 0 Å². The van der Waals surface area contributed by atoms with E-state index >= 15 is 0 Å². The summed E-state index contributed by atoms with van der Waals surface area (Å²) < 4.78 is 47.4. The standard InChI is InChI=1S/C15H26F3N3O4/c1-9-10(7-19-11(22)20-8-15(16,17)18)21(14(5,6)24-9)12(23)25-13(2,3)4/h9-10H,7-8H2,1-6H3,(H2,19,20,22)/t9-,10+/m1/s1. The first-order valence-electron chi connectivity index (χ1n) is 7.91. The van der Waals surface area contributed by atoms with Crippen molar-refractivity contribution in [1.82, 2.24) is 15.5 Å². The maximum atomic E-state index is 12.5. The Kier molecular flexibility index (Phi) is 6.20. The van der Waals surface area contributed by atoms with Gasteiger partial charge in [-0.15, -0.1) is 0 Å². The molecule has 25 heavy (non-hydrogen) atoms. The minimum atomic E-state index is -4.49. The van der Waals surface area contributed by atoms with Gasteiger partial charge in [-0.2, -0.15) is 13.2 Å². The lowest BCUT2D eigenvalue weighted by atomic mass is 10.1. The fourth-order valence-corrected chi connectivity index (χ4v) is 2.56. The van der Waals surface area contributed by atoms with Gasteiger partial charge in [0.1, 0.15) is 17.9 Å². The minimum Gasteiger partial charge on any atom is -0.444 e. The number of carbonyl (C=O) groups excluding carboxylic acids is 2. The minimum absolute atomic E-state index is 0.0759. The summed E-state index contributed by atoms with van der Waals surface area (Å²) in [6, 6.07) is -1.56. The molecule has 0 aromatic carbocycles. The molecule has 7 nitrogen and oxygen atoms in total. The number of amides is 3. The molecule has 0 aromatic heterocycles. The van der Waals surface area contributed by atoms with E-state index in [1.54, 1.807) is 46.9 Å². The smallest absolute Gasteiger partial charge is 0.412 e. The maximum absolute atomic E-state index is 12.5. The summed E-state index contributed by atoms with van der Waals surface area (Å²) in [6.45, 7) is 8.72. The molecule has 146 valence electrons. The van der Waals surface area contributed by atoms with Crippen molar-refractivity contribution >= 4 is 12.1 Å². The van der Waals surface area contributed by atoms with Crippen LogP contribution < -0.4 is 10.6 Å². The number of nitrogens with one attached hydrogen (secondary N) is 2. The van der Waals surface area contributed by atoms with Crippen LogP contribution in [0.3, 0.4) is 0 Å². The van der Waals surface area contributed by atoms with Crippen LogP contribution in [0.2, 0.25) is 0 Å². The van der Waals surface area contributed by atoms with Crippen LogP contribution in [0.25, 0.3) is 0 Å². The largest absolute Gasteiger partial charge is 0.444 e. The molecular weight excluding hydrogens is 343 g/mol. The van der Waals surface area contributed by atoms with Gasteiger partial charge in [0.05, 0.1) is 12.1 Å². The molecular formula is C15H26F3N3O4. The molecule has 0 aliphatic carbocycles. The van der Waals surface area contributed by atoms with Crippen LogP contribution in [0.4, 0.5) is 22.8 Å². The third kappa shape index (κ3) is 6.60. The Morgan fingerprint density at radius 1 is 1.20 bits per heavy atom. The molecule has 0 aromatic rings. The van der Waals surface area contributed by atoms with Gasteiger partial charge in [0.25, 0.3) is 0 Å². The molecule has 1 fully saturated rings. The second-order valence-electron chi connectivity index (χ2n) is 7.37. The highest BCUT2D eigenvalue weighted by molar-refractivity contribution is 5.74. The van der Waals surface area contributed by atoms with E-state index in [1.807, 2.05) is 0 Å². The van der Waals surface area contributed by atoms with E-state index in [4.69, 9.17) is 9.47 Å². The number of carbonyl (C=O) groups is 2. The Bertz CT molecular complexity index is 503. The van der Waals surface area contributed by atoms with E-state index in [2.05, 4.69) is 5.32 Å². The number of urea groups is 1. The average molecular weight is 369 g/mol. The van der Waals surface area contributed by atoms with Gasteiger partial charge >= 0.3 is 18.3 Å². The first-order valence-corrected chi connectivity index (χ1v) is 7.91. The van der Waals surface area contributed by atoms with Gasteiger partial charge < -0.3 is 20.1 Å². The molecule has 1 aliphatic heterocycles. The molecule has 0 radical (unpaired) electrons. The van der Waals surface area contributed by atoms with E-state index in [0.29, 0.717) is 0 Å². The Morgan fingerprint density at radius 3 is 2.24 bits per heavy atom. The fraction of sp³-hybridized carbons (Fsp3) is 0.867. The molecule has 1 rings (SSSR count). The van der Waals surface area contributed by atoms with Gasteiger partial charge in [0, 0.05) is 6.54 Å². The van der Waals surface area contributed by atoms with Crippen LogP contribution in [0.1, 0.15) is 41.5 Å². The molecule has 0 spiro atoms. The molecule has 10 heteroatoms. The third-order valence-electron chi connectivity index (χ3n) is 3.44. The molecule has 0 bridgehead atoms. The molecule has 3 amide bonds. The van der Waals surface area contributed by atoms with Crippen LogP contribution >= 0.6 is 0 Å². The van der Waals surface area contributed by atoms with Gasteiger partial charge in [0.15, 0.2) is 0 Å². The summed E-state index contributed by atoms with van der Waals surface area (Å²) in [5.41, 5.74) is -1.70. The SMILES string of the molecule is C[C@H]1OC(C)(C)N(C(=O)OC(C)(C)C)[C@H]1CNC(=O)NCC(F)(F)F. The summed E-state index contributed by atoms with van der Waals surface area (Å²) in [4.78, 5) is 25.4. The summed E-state index contributed by atoms with van der Waals surface area (Å²) in [7, 11) is 0. The van der Waals surface area contributed by atoms with Crippen molar-refractivity contribution in [3.63, 3.8) is 0 Å². The Labute approximate surface area is 145 Å². The fourth-order valence-electron chi connectivity index (χ4n) is 2.56. The number of nitrogens with zero attached hydrogens (tertiary/aromatic N) is 1. The quantitative estimate of drug-likeness (QED) is 0.801. The average Bonchev–Trinajstić information content (AvgIpc) is 2.59. The number of hydrogen-bond acceptors (Lipinski definition) is 4. The first kappa shape index (κ1) is 21.3. The van der Waals surface area contributed by atoms with Gasteiger partial charge in [0.2, 0.25) is 0 Å². The van der Waals surface area contributed by atoms with Crippen LogP contribution in [0, 0.1) is 0 Å². The van der Waals surface area contributed by atoms with Crippen molar-refractivity contribution in [2.75, 3.05) is 13.1 Å². The number of alkyl halides is 3. The van der Waals surface area contributed by atoms with E-state index in [1.165, 1.54) is 4.90 Å². The Hall–Kier alpha value is -1.71. The van der Waals surface area contributed by atoms with E-state index in [0.717, 1.165) is 0 Å². The van der Waals surface area contributed by atoms with Crippen molar-refractivity contribution in [3.8, 4) is 0 Å². The number of hydrogen-bond donors (Lipinski definition) is 2. The third-order valence-corrected chi connectivity index (χ3v) is 3.44. The van der Waals surface area contributed by atoms with Crippen LogP contribution in [-0.2, 0) is 9.47 Å². The van der Waals surface area contributed by atoms with Gasteiger partial charge in [-0.05, 0) is 41.5 Å². The highest BCUT2D eigenvalue weighted by atomic mass is 19.4. The van der Waals surface area contributed by atoms with Crippen molar-refractivity contribution in [2.24, 2.45) is 0 Å². The number of ether oxygens (including phenoxy) is 2. The zero-order valence-electron chi connectivity index (χ0n) is 15.3. The van der Waals surface area contributed by atoms with Crippen molar-refractivity contribution in [3.05, 3.63) is 0 Å². The lowest BCUT2D eigenvalue weighted by molar-refractivity contribution is -0.122. The summed E-state index contributed by atoms with van der Waals surface area (Å²) in [6.07, 6.45) is -5.55. The van der Waals surface area contributed by atoms with Crippen LogP contribution in [0.5, 0.6) is 0 Å². The Morgan fingerprint density at radius 2 is 1.76 bits per heavy atom. The highest BCUT2D eigenvalue weighted by Gasteiger charge is 2.49. The van der Waals surface area contributed by atoms with E-state index in [9.17, 15) is 22.8 Å². The summed E-state index contributed by atoms with van der Waals surface area (Å²) >= 11 is 0. The first-order chi connectivity index (χ1) is 11.1. The molecule has 0 unspecified atom stereocenters. The predicted molar refractivity (Wildman–Crippen MR) is 83.9 cm³/mol. The normalized spacial score (nSPS) is 23.3. The van der Waals surface area contributed by atoms with Gasteiger partial charge in [-0.3, -0.25) is 4.90 Å². The Balaban J connectivity index is 2.74. The van der Waals surface area contributed by atoms with Crippen molar-refractivity contribution in [2.45, 2.75) is 71.2 Å². The zero-order valence-corrected chi connectivity index (χ0v) is 15.3. The van der Waals surface area contributed by atoms with Crippen molar-refractivity contribution < 1.29 is 32.2 Å². The van der Waals surface area contributed by atoms with Gasteiger partial charge in [-0.25, -0.2) is 9.59 Å². The second kappa shape index (κ2) is 7.27. The molecule has 2 atom stereocenters. The molecule has 1 saturated heterocycles. The topological polar surface area (TPSA) is 79.9 Å². The number of rotatable bonds is 3. The maximum Gasteiger partial charge on any atom is 0.412 e. The zero-order chi connectivity index (χ0) is 19.6. The lowest BCUT2D eigenvalue weighted by Crippen LogP contribution is -2.54. The summed E-state index contributed by atoms with van der Waals surface area (Å²) in [5, 5.41) is 4.05. The molecule has 1 heterocycles. The lowest BCUT2D eigenvalue weighted by Gasteiger charge is -2.35. The highest BCUT2D eigenvalue weighted by Crippen LogP contribution is 2.33. The monoisotopic (exact) mass is 369 g/mol. The predicted octanol–water partition coefficient (Wildman–Crippen LogP) is 2.61. The van der Waals surface area contributed by atoms with Crippen molar-refractivity contribution in [1.29, 1.82) is 0 Å². The van der Waals surface area contributed by atoms with Crippen LogP contribution in [-0.4, -0.2) is 59.8 Å². The molecule has 0 saturated carbocycles. The second-order valence-corrected chi connectivity index (χ2v) is 7.37. The summed E-state index contributed by atoms with van der Waals surface area (Å²) in [5.74, 6) is 0. The number of halogens is 3. The molecule has 1 aliphatic rings.